The van der Waals surface area contributed by atoms with E-state index in [9.17, 15) is 14.3 Å². The van der Waals surface area contributed by atoms with Crippen LogP contribution in [-0.4, -0.2) is 51.5 Å². The minimum atomic E-state index is -2.02. The number of halogens is 1. The lowest BCUT2D eigenvalue weighted by Gasteiger charge is -2.26. The van der Waals surface area contributed by atoms with Crippen LogP contribution in [0.25, 0.3) is 0 Å². The summed E-state index contributed by atoms with van der Waals surface area (Å²) >= 11 is 0. The van der Waals surface area contributed by atoms with Crippen molar-refractivity contribution >= 4 is 5.82 Å². The van der Waals surface area contributed by atoms with Crippen LogP contribution in [0, 0.1) is 0 Å². The number of hydrogen-bond acceptors (Lipinski definition) is 7. The largest absolute Gasteiger partial charge is 0.391 e. The predicted octanol–water partition coefficient (Wildman–Crippen LogP) is -1.61. The number of nitrogens with two attached hydrogens (primary N) is 1. The molecule has 2 heterocycles. The average molecular weight is 275 g/mol. The molecule has 1 aromatic heterocycles. The summed E-state index contributed by atoms with van der Waals surface area (Å²) in [7, 11) is 1.13. The Morgan fingerprint density at radius 3 is 2.89 bits per heavy atom. The van der Waals surface area contributed by atoms with Crippen LogP contribution in [-0.2, 0) is 9.47 Å². The second kappa shape index (κ2) is 4.85. The van der Waals surface area contributed by atoms with E-state index >= 15 is 0 Å². The Kier molecular flexibility index (Phi) is 3.54. The number of nitrogen functional groups attached to an aromatic ring is 1. The summed E-state index contributed by atoms with van der Waals surface area (Å²) < 4.78 is 24.8. The molecule has 4 N–H and O–H groups in total. The Balaban J connectivity index is 2.39. The van der Waals surface area contributed by atoms with Gasteiger partial charge in [-0.2, -0.15) is 4.98 Å². The van der Waals surface area contributed by atoms with Crippen molar-refractivity contribution in [2.75, 3.05) is 19.5 Å². The monoisotopic (exact) mass is 275 g/mol. The molecule has 0 amide bonds. The molecule has 19 heavy (non-hydrogen) atoms. The fraction of sp³-hybridized carbons (Fsp3) is 0.600. The maximum Gasteiger partial charge on any atom is 0.351 e. The molecule has 4 atom stereocenters. The van der Waals surface area contributed by atoms with Gasteiger partial charge in [-0.15, -0.1) is 0 Å². The van der Waals surface area contributed by atoms with Crippen molar-refractivity contribution in [2.45, 2.75) is 24.3 Å². The first-order chi connectivity index (χ1) is 8.95. The van der Waals surface area contributed by atoms with Crippen molar-refractivity contribution in [3.05, 3.63) is 22.7 Å². The third kappa shape index (κ3) is 2.10. The van der Waals surface area contributed by atoms with Gasteiger partial charge in [-0.25, -0.2) is 9.18 Å². The van der Waals surface area contributed by atoms with Crippen molar-refractivity contribution in [2.24, 2.45) is 0 Å². The highest BCUT2D eigenvalue weighted by Crippen LogP contribution is 2.38. The lowest BCUT2D eigenvalue weighted by molar-refractivity contribution is -0.260. The summed E-state index contributed by atoms with van der Waals surface area (Å²) in [6.07, 6.45) is -3.84. The molecule has 106 valence electrons. The van der Waals surface area contributed by atoms with Gasteiger partial charge >= 0.3 is 5.69 Å². The van der Waals surface area contributed by atoms with Crippen molar-refractivity contribution < 1.29 is 24.1 Å². The molecule has 0 bridgehead atoms. The standard InChI is InChI=1S/C10H14FN3O5/c1-18-10(4-15)7(11)6(16)8(19-10)14-3-2-5(12)13-9(14)17/h2-3,6-8,15-16H,4H2,1H3,(H2,12,13,17)/t6-,7+,8-,10-/m1/s1. The SMILES string of the molecule is CO[C@]1(CO)O[C@@H](n2ccc(N)nc2=O)[C@H](O)[C@@H]1F. The fourth-order valence-electron chi connectivity index (χ4n) is 1.93. The van der Waals surface area contributed by atoms with Crippen molar-refractivity contribution in [3.8, 4) is 0 Å². The number of aliphatic hydroxyl groups is 2. The zero-order valence-electron chi connectivity index (χ0n) is 10.1. The minimum absolute atomic E-state index is 0.00861. The molecule has 2 rings (SSSR count). The van der Waals surface area contributed by atoms with E-state index < -0.39 is 36.6 Å². The molecule has 0 saturated carbocycles. The zero-order valence-corrected chi connectivity index (χ0v) is 10.1. The molecular weight excluding hydrogens is 261 g/mol. The van der Waals surface area contributed by atoms with Crippen LogP contribution in [0.5, 0.6) is 0 Å². The van der Waals surface area contributed by atoms with E-state index in [1.165, 1.54) is 12.3 Å². The van der Waals surface area contributed by atoms with Gasteiger partial charge in [0.2, 0.25) is 5.79 Å². The maximum atomic E-state index is 14.0. The van der Waals surface area contributed by atoms with E-state index in [-0.39, 0.29) is 5.82 Å². The van der Waals surface area contributed by atoms with Crippen LogP contribution in [0.3, 0.4) is 0 Å². The van der Waals surface area contributed by atoms with Gasteiger partial charge < -0.3 is 25.4 Å². The number of ether oxygens (including phenoxy) is 2. The normalized spacial score (nSPS) is 34.6. The Morgan fingerprint density at radius 1 is 1.74 bits per heavy atom. The molecule has 0 aromatic carbocycles. The number of hydrogen-bond donors (Lipinski definition) is 3. The van der Waals surface area contributed by atoms with Crippen LogP contribution >= 0.6 is 0 Å². The van der Waals surface area contributed by atoms with E-state index in [0.717, 1.165) is 11.7 Å². The van der Waals surface area contributed by atoms with E-state index in [4.69, 9.17) is 20.3 Å². The minimum Gasteiger partial charge on any atom is -0.391 e. The van der Waals surface area contributed by atoms with Crippen LogP contribution in [0.2, 0.25) is 0 Å². The Hall–Kier alpha value is -1.55. The van der Waals surface area contributed by atoms with Gasteiger partial charge in [0.05, 0.1) is 0 Å². The molecular formula is C10H14FN3O5. The number of alkyl halides is 1. The third-order valence-corrected chi connectivity index (χ3v) is 3.02. The van der Waals surface area contributed by atoms with Crippen molar-refractivity contribution in [1.82, 2.24) is 9.55 Å². The number of methoxy groups -OCH3 is 1. The molecule has 8 nitrogen and oxygen atoms in total. The smallest absolute Gasteiger partial charge is 0.351 e. The second-order valence-electron chi connectivity index (χ2n) is 4.12. The number of rotatable bonds is 3. The Bertz CT molecular complexity index is 518. The van der Waals surface area contributed by atoms with Crippen LogP contribution in [0.4, 0.5) is 10.2 Å². The summed E-state index contributed by atoms with van der Waals surface area (Å²) in [6, 6.07) is 1.30. The second-order valence-corrected chi connectivity index (χ2v) is 4.12. The molecule has 0 spiro atoms. The Morgan fingerprint density at radius 2 is 2.42 bits per heavy atom. The molecule has 1 aliphatic rings. The number of aromatic nitrogens is 2. The predicted molar refractivity (Wildman–Crippen MR) is 60.8 cm³/mol. The fourth-order valence-corrected chi connectivity index (χ4v) is 1.93. The van der Waals surface area contributed by atoms with Gasteiger partial charge in [0, 0.05) is 13.3 Å². The number of anilines is 1. The maximum absolute atomic E-state index is 14.0. The van der Waals surface area contributed by atoms with Crippen LogP contribution in [0.1, 0.15) is 6.23 Å². The Labute approximate surface area is 107 Å². The highest BCUT2D eigenvalue weighted by molar-refractivity contribution is 5.23. The number of aliphatic hydroxyl groups excluding tert-OH is 2. The summed E-state index contributed by atoms with van der Waals surface area (Å²) in [5, 5.41) is 19.0. The van der Waals surface area contributed by atoms with Gasteiger partial charge in [0.15, 0.2) is 12.4 Å². The zero-order chi connectivity index (χ0) is 14.2. The van der Waals surface area contributed by atoms with Gasteiger partial charge in [0.25, 0.3) is 0 Å². The molecule has 0 unspecified atom stereocenters. The van der Waals surface area contributed by atoms with Gasteiger partial charge in [-0.1, -0.05) is 0 Å². The highest BCUT2D eigenvalue weighted by atomic mass is 19.1. The van der Waals surface area contributed by atoms with Crippen molar-refractivity contribution in [1.29, 1.82) is 0 Å². The topological polar surface area (TPSA) is 120 Å². The molecule has 9 heteroatoms. The summed E-state index contributed by atoms with van der Waals surface area (Å²) in [5.41, 5.74) is 4.52. The quantitative estimate of drug-likeness (QED) is 0.607. The van der Waals surface area contributed by atoms with E-state index in [2.05, 4.69) is 4.98 Å². The lowest BCUT2D eigenvalue weighted by atomic mass is 10.1. The van der Waals surface area contributed by atoms with Crippen LogP contribution < -0.4 is 11.4 Å². The molecule has 1 fully saturated rings. The first-order valence-electron chi connectivity index (χ1n) is 5.46. The van der Waals surface area contributed by atoms with Gasteiger partial charge in [-0.3, -0.25) is 4.57 Å². The summed E-state index contributed by atoms with van der Waals surface area (Å²) in [5.74, 6) is -2.02. The lowest BCUT2D eigenvalue weighted by Crippen LogP contribution is -2.45. The van der Waals surface area contributed by atoms with Gasteiger partial charge in [0.1, 0.15) is 18.5 Å². The highest BCUT2D eigenvalue weighted by Gasteiger charge is 2.57. The van der Waals surface area contributed by atoms with Crippen LogP contribution in [0.15, 0.2) is 17.1 Å². The van der Waals surface area contributed by atoms with E-state index in [1.54, 1.807) is 0 Å². The average Bonchev–Trinajstić information content (AvgIpc) is 2.64. The molecule has 1 aliphatic heterocycles. The van der Waals surface area contributed by atoms with E-state index in [0.29, 0.717) is 0 Å². The first kappa shape index (κ1) is 13.9. The third-order valence-electron chi connectivity index (χ3n) is 3.02. The van der Waals surface area contributed by atoms with Crippen molar-refractivity contribution in [3.63, 3.8) is 0 Å². The molecule has 0 aliphatic carbocycles. The van der Waals surface area contributed by atoms with Gasteiger partial charge in [-0.05, 0) is 6.07 Å². The number of nitrogens with zero attached hydrogens (tertiary/aromatic N) is 2. The summed E-state index contributed by atoms with van der Waals surface area (Å²) in [6.45, 7) is -0.810. The molecule has 1 saturated heterocycles. The first-order valence-corrected chi connectivity index (χ1v) is 5.46. The molecule has 0 radical (unpaired) electrons. The summed E-state index contributed by atoms with van der Waals surface area (Å²) in [4.78, 5) is 15.1. The van der Waals surface area contributed by atoms with E-state index in [1.807, 2.05) is 0 Å². The molecule has 1 aromatic rings.